The zero-order valence-corrected chi connectivity index (χ0v) is 20.7. The summed E-state index contributed by atoms with van der Waals surface area (Å²) in [6, 6.07) is 10.2. The Labute approximate surface area is 201 Å². The Balaban J connectivity index is 0.00000272. The third-order valence-electron chi connectivity index (χ3n) is 5.92. The molecule has 0 radical (unpaired) electrons. The predicted molar refractivity (Wildman–Crippen MR) is 135 cm³/mol. The zero-order chi connectivity index (χ0) is 20.8. The van der Waals surface area contributed by atoms with E-state index in [0.29, 0.717) is 13.1 Å². The number of hydrogen-bond donors (Lipinski definition) is 1. The van der Waals surface area contributed by atoms with Crippen LogP contribution in [0.5, 0.6) is 0 Å². The van der Waals surface area contributed by atoms with Gasteiger partial charge in [-0.1, -0.05) is 18.2 Å². The second kappa shape index (κ2) is 11.7. The standard InChI is InChI=1S/C23H33N5O2.HI/c1-2-24-23(25-10-9-20-17-19-7-3-4-8-21(19)30-20)28-15-13-26(14-16-28)18-22(29)27-11-5-6-12-27;/h3-4,7-8,17H,2,5-6,9-16,18H2,1H3,(H,24,25);1H. The first-order valence-electron chi connectivity index (χ1n) is 11.2. The Morgan fingerprint density at radius 1 is 1.06 bits per heavy atom. The van der Waals surface area contributed by atoms with Gasteiger partial charge in [0.25, 0.3) is 0 Å². The van der Waals surface area contributed by atoms with Crippen molar-refractivity contribution in [2.45, 2.75) is 26.2 Å². The number of guanidine groups is 1. The second-order valence-electron chi connectivity index (χ2n) is 8.09. The van der Waals surface area contributed by atoms with Gasteiger partial charge in [0.05, 0.1) is 6.54 Å². The van der Waals surface area contributed by atoms with E-state index in [1.165, 1.54) is 0 Å². The molecule has 2 fully saturated rings. The summed E-state index contributed by atoms with van der Waals surface area (Å²) < 4.78 is 5.90. The fourth-order valence-corrected chi connectivity index (χ4v) is 4.23. The molecule has 0 unspecified atom stereocenters. The van der Waals surface area contributed by atoms with E-state index in [1.54, 1.807) is 0 Å². The van der Waals surface area contributed by atoms with Crippen LogP contribution in [0, 0.1) is 0 Å². The van der Waals surface area contributed by atoms with E-state index in [2.05, 4.69) is 34.2 Å². The summed E-state index contributed by atoms with van der Waals surface area (Å²) in [5, 5.41) is 4.56. The summed E-state index contributed by atoms with van der Waals surface area (Å²) in [5.74, 6) is 2.22. The summed E-state index contributed by atoms with van der Waals surface area (Å²) in [7, 11) is 0. The maximum absolute atomic E-state index is 12.4. The summed E-state index contributed by atoms with van der Waals surface area (Å²) in [6.07, 6.45) is 3.08. The molecule has 8 heteroatoms. The molecule has 0 aliphatic carbocycles. The lowest BCUT2D eigenvalue weighted by molar-refractivity contribution is -0.131. The summed E-state index contributed by atoms with van der Waals surface area (Å²) >= 11 is 0. The van der Waals surface area contributed by atoms with Crippen molar-refractivity contribution in [1.82, 2.24) is 20.0 Å². The van der Waals surface area contributed by atoms with Crippen molar-refractivity contribution in [2.75, 3.05) is 58.9 Å². The molecule has 7 nitrogen and oxygen atoms in total. The van der Waals surface area contributed by atoms with Gasteiger partial charge in [-0.2, -0.15) is 0 Å². The van der Waals surface area contributed by atoms with E-state index >= 15 is 0 Å². The maximum Gasteiger partial charge on any atom is 0.236 e. The van der Waals surface area contributed by atoms with Crippen LogP contribution in [-0.2, 0) is 11.2 Å². The number of nitrogens with one attached hydrogen (secondary N) is 1. The van der Waals surface area contributed by atoms with Crippen LogP contribution in [0.2, 0.25) is 0 Å². The number of furan rings is 1. The van der Waals surface area contributed by atoms with Crippen molar-refractivity contribution in [3.8, 4) is 0 Å². The summed E-state index contributed by atoms with van der Waals surface area (Å²) in [6.45, 7) is 9.62. The second-order valence-corrected chi connectivity index (χ2v) is 8.09. The molecule has 2 aliphatic rings. The fraction of sp³-hybridized carbons (Fsp3) is 0.565. The number of hydrogen-bond acceptors (Lipinski definition) is 4. The van der Waals surface area contributed by atoms with Crippen molar-refractivity contribution in [3.63, 3.8) is 0 Å². The minimum Gasteiger partial charge on any atom is -0.461 e. The number of halogens is 1. The molecular formula is C23H34IN5O2. The van der Waals surface area contributed by atoms with Gasteiger partial charge in [0.15, 0.2) is 5.96 Å². The molecule has 3 heterocycles. The van der Waals surface area contributed by atoms with Crippen molar-refractivity contribution >= 4 is 46.8 Å². The number of aliphatic imine (C=N–C) groups is 1. The lowest BCUT2D eigenvalue weighted by Gasteiger charge is -2.36. The maximum atomic E-state index is 12.4. The van der Waals surface area contributed by atoms with Gasteiger partial charge in [0, 0.05) is 64.2 Å². The average molecular weight is 539 g/mol. The number of rotatable bonds is 6. The van der Waals surface area contributed by atoms with Gasteiger partial charge in [-0.25, -0.2) is 0 Å². The highest BCUT2D eigenvalue weighted by atomic mass is 127. The SMILES string of the molecule is CCNC(=NCCc1cc2ccccc2o1)N1CCN(CC(=O)N2CCCC2)CC1.I. The number of likely N-dealkylation sites (tertiary alicyclic amines) is 1. The molecule has 4 rings (SSSR count). The van der Waals surface area contributed by atoms with Crippen LogP contribution >= 0.6 is 24.0 Å². The number of carbonyl (C=O) groups is 1. The summed E-state index contributed by atoms with van der Waals surface area (Å²) in [5.41, 5.74) is 0.933. The van der Waals surface area contributed by atoms with Crippen LogP contribution in [0.25, 0.3) is 11.0 Å². The van der Waals surface area contributed by atoms with Gasteiger partial charge in [0.2, 0.25) is 5.91 Å². The topological polar surface area (TPSA) is 64.3 Å². The van der Waals surface area contributed by atoms with Crippen molar-refractivity contribution < 1.29 is 9.21 Å². The third-order valence-corrected chi connectivity index (χ3v) is 5.92. The van der Waals surface area contributed by atoms with E-state index in [9.17, 15) is 4.79 Å². The number of amides is 1. The third kappa shape index (κ3) is 6.35. The molecule has 0 saturated carbocycles. The van der Waals surface area contributed by atoms with Crippen LogP contribution in [0.4, 0.5) is 0 Å². The molecule has 2 saturated heterocycles. The Bertz CT molecular complexity index is 837. The molecule has 0 atom stereocenters. The number of piperazine rings is 1. The van der Waals surface area contributed by atoms with E-state index < -0.39 is 0 Å². The van der Waals surface area contributed by atoms with Gasteiger partial charge in [-0.3, -0.25) is 14.7 Å². The zero-order valence-electron chi connectivity index (χ0n) is 18.4. The van der Waals surface area contributed by atoms with Gasteiger partial charge in [0.1, 0.15) is 11.3 Å². The fourth-order valence-electron chi connectivity index (χ4n) is 4.23. The number of carbonyl (C=O) groups excluding carboxylic acids is 1. The van der Waals surface area contributed by atoms with Crippen molar-refractivity contribution in [3.05, 3.63) is 36.1 Å². The Morgan fingerprint density at radius 2 is 1.81 bits per heavy atom. The van der Waals surface area contributed by atoms with Crippen LogP contribution in [0.15, 0.2) is 39.7 Å². The highest BCUT2D eigenvalue weighted by molar-refractivity contribution is 14.0. The average Bonchev–Trinajstić information content (AvgIpc) is 3.43. The van der Waals surface area contributed by atoms with E-state index in [1.807, 2.05) is 23.1 Å². The molecular weight excluding hydrogens is 505 g/mol. The summed E-state index contributed by atoms with van der Waals surface area (Å²) in [4.78, 5) is 23.8. The highest BCUT2D eigenvalue weighted by Gasteiger charge is 2.24. The number of para-hydroxylation sites is 1. The van der Waals surface area contributed by atoms with E-state index in [0.717, 1.165) is 87.8 Å². The van der Waals surface area contributed by atoms with Crippen LogP contribution in [0.1, 0.15) is 25.5 Å². The Morgan fingerprint density at radius 3 is 2.52 bits per heavy atom. The minimum atomic E-state index is 0. The molecule has 1 amide bonds. The predicted octanol–water partition coefficient (Wildman–Crippen LogP) is 2.80. The van der Waals surface area contributed by atoms with Gasteiger partial charge >= 0.3 is 0 Å². The lowest BCUT2D eigenvalue weighted by atomic mass is 10.2. The molecule has 0 bridgehead atoms. The first kappa shape index (κ1) is 23.8. The lowest BCUT2D eigenvalue weighted by Crippen LogP contribution is -2.54. The minimum absolute atomic E-state index is 0. The Hall–Kier alpha value is -1.81. The Kier molecular flexibility index (Phi) is 9.01. The quantitative estimate of drug-likeness (QED) is 0.348. The number of benzene rings is 1. The van der Waals surface area contributed by atoms with Gasteiger partial charge in [-0.05, 0) is 31.9 Å². The normalized spacial score (nSPS) is 17.8. The molecule has 0 spiro atoms. The van der Waals surface area contributed by atoms with Crippen molar-refractivity contribution in [2.24, 2.45) is 4.99 Å². The monoisotopic (exact) mass is 539 g/mol. The van der Waals surface area contributed by atoms with E-state index in [-0.39, 0.29) is 29.9 Å². The van der Waals surface area contributed by atoms with Crippen LogP contribution < -0.4 is 5.32 Å². The van der Waals surface area contributed by atoms with Gasteiger partial charge in [-0.15, -0.1) is 24.0 Å². The number of fused-ring (bicyclic) bond motifs is 1. The molecule has 1 aromatic heterocycles. The first-order chi connectivity index (χ1) is 14.7. The smallest absolute Gasteiger partial charge is 0.236 e. The molecule has 2 aliphatic heterocycles. The van der Waals surface area contributed by atoms with Crippen molar-refractivity contribution in [1.29, 1.82) is 0 Å². The largest absolute Gasteiger partial charge is 0.461 e. The molecule has 1 N–H and O–H groups in total. The van der Waals surface area contributed by atoms with E-state index in [4.69, 9.17) is 9.41 Å². The molecule has 31 heavy (non-hydrogen) atoms. The van der Waals surface area contributed by atoms with Crippen LogP contribution in [-0.4, -0.2) is 85.5 Å². The molecule has 170 valence electrons. The number of nitrogens with zero attached hydrogens (tertiary/aromatic N) is 4. The molecule has 2 aromatic rings. The molecule has 1 aromatic carbocycles. The highest BCUT2D eigenvalue weighted by Crippen LogP contribution is 2.19. The van der Waals surface area contributed by atoms with Gasteiger partial charge < -0.3 is 19.5 Å². The first-order valence-corrected chi connectivity index (χ1v) is 11.2. The van der Waals surface area contributed by atoms with Crippen LogP contribution in [0.3, 0.4) is 0 Å².